The summed E-state index contributed by atoms with van der Waals surface area (Å²) in [5.41, 5.74) is -2.28. The molecule has 0 fully saturated rings. The predicted molar refractivity (Wildman–Crippen MR) is 87.4 cm³/mol. The number of rotatable bonds is 3. The molecule has 1 amide bonds. The number of aromatic nitrogens is 1. The van der Waals surface area contributed by atoms with Gasteiger partial charge in [0.1, 0.15) is 11.5 Å². The number of halogens is 7. The lowest BCUT2D eigenvalue weighted by Crippen LogP contribution is -2.50. The monoisotopic (exact) mass is 409 g/mol. The Morgan fingerprint density at radius 2 is 1.46 bits per heavy atom. The Hall–Kier alpha value is -2.85. The van der Waals surface area contributed by atoms with Crippen LogP contribution in [0.25, 0.3) is 0 Å². The Bertz CT molecular complexity index is 869. The zero-order chi connectivity index (χ0) is 21.5. The van der Waals surface area contributed by atoms with Crippen molar-refractivity contribution in [2.24, 2.45) is 0 Å². The molecule has 0 bridgehead atoms. The van der Waals surface area contributed by atoms with Gasteiger partial charge in [0, 0.05) is 11.3 Å². The lowest BCUT2D eigenvalue weighted by molar-refractivity contribution is -0.348. The average molecular weight is 409 g/mol. The van der Waals surface area contributed by atoms with E-state index in [-0.39, 0.29) is 28.3 Å². The van der Waals surface area contributed by atoms with E-state index in [2.05, 4.69) is 10.3 Å². The van der Waals surface area contributed by atoms with Gasteiger partial charge in [0.2, 0.25) is 0 Å². The van der Waals surface area contributed by atoms with Crippen LogP contribution in [0.5, 0.6) is 0 Å². The molecule has 2 rings (SSSR count). The van der Waals surface area contributed by atoms with E-state index in [4.69, 9.17) is 5.73 Å². The van der Waals surface area contributed by atoms with E-state index < -0.39 is 29.5 Å². The Labute approximate surface area is 154 Å². The molecule has 3 N–H and O–H groups in total. The van der Waals surface area contributed by atoms with Crippen molar-refractivity contribution in [2.75, 3.05) is 11.1 Å². The summed E-state index contributed by atoms with van der Waals surface area (Å²) in [7, 11) is 0. The van der Waals surface area contributed by atoms with E-state index in [0.29, 0.717) is 12.1 Å². The molecule has 11 heteroatoms. The quantitative estimate of drug-likeness (QED) is 0.715. The van der Waals surface area contributed by atoms with Crippen molar-refractivity contribution in [1.82, 2.24) is 4.98 Å². The molecule has 0 spiro atoms. The number of carbonyl (C=O) groups is 1. The zero-order valence-corrected chi connectivity index (χ0v) is 14.5. The summed E-state index contributed by atoms with van der Waals surface area (Å²) < 4.78 is 91.8. The number of nitrogens with zero attached hydrogens (tertiary/aromatic N) is 1. The van der Waals surface area contributed by atoms with Gasteiger partial charge in [-0.05, 0) is 37.1 Å². The molecule has 0 aliphatic carbocycles. The van der Waals surface area contributed by atoms with Crippen LogP contribution in [0, 0.1) is 13.8 Å². The second kappa shape index (κ2) is 6.95. The smallest absolute Gasteiger partial charge is 0.384 e. The van der Waals surface area contributed by atoms with Gasteiger partial charge < -0.3 is 11.1 Å². The van der Waals surface area contributed by atoms with Crippen molar-refractivity contribution in [2.45, 2.75) is 31.9 Å². The summed E-state index contributed by atoms with van der Waals surface area (Å²) in [4.78, 5) is 16.0. The topological polar surface area (TPSA) is 68.0 Å². The second-order valence-electron chi connectivity index (χ2n) is 6.04. The van der Waals surface area contributed by atoms with E-state index in [1.54, 1.807) is 0 Å². The summed E-state index contributed by atoms with van der Waals surface area (Å²) in [5.74, 6) is -0.751. The Kier molecular flexibility index (Phi) is 5.33. The van der Waals surface area contributed by atoms with Gasteiger partial charge in [-0.1, -0.05) is 18.2 Å². The number of anilines is 2. The first-order valence-electron chi connectivity index (χ1n) is 7.66. The first kappa shape index (κ1) is 21.5. The molecule has 1 heterocycles. The van der Waals surface area contributed by atoms with Crippen molar-refractivity contribution in [1.29, 1.82) is 0 Å². The van der Waals surface area contributed by atoms with Gasteiger partial charge in [0.15, 0.2) is 0 Å². The molecule has 0 saturated heterocycles. The van der Waals surface area contributed by atoms with E-state index in [9.17, 15) is 35.5 Å². The number of amides is 1. The van der Waals surface area contributed by atoms with Gasteiger partial charge in [-0.25, -0.2) is 9.37 Å². The number of hydrogen-bond donors (Lipinski definition) is 2. The normalized spacial score (nSPS) is 12.8. The lowest BCUT2D eigenvalue weighted by Gasteiger charge is -2.31. The minimum atomic E-state index is -6.22. The molecule has 0 unspecified atom stereocenters. The minimum Gasteiger partial charge on any atom is -0.384 e. The number of pyridine rings is 1. The average Bonchev–Trinajstić information content (AvgIpc) is 2.54. The standard InChI is InChI=1S/C17H14F7N3O/c1-8-6-10(15(18,16(19,20)21)17(22,23)24)7-9(2)13(8)27-14(28)11-4-3-5-12(25)26-11/h3-7H,1-2H3,(H2,25,26)(H,27,28). The maximum absolute atomic E-state index is 14.2. The number of carbonyl (C=O) groups excluding carboxylic acids is 1. The van der Waals surface area contributed by atoms with Gasteiger partial charge in [-0.2, -0.15) is 26.3 Å². The molecule has 0 radical (unpaired) electrons. The van der Waals surface area contributed by atoms with Gasteiger partial charge in [0.05, 0.1) is 0 Å². The number of hydrogen-bond acceptors (Lipinski definition) is 3. The highest BCUT2D eigenvalue weighted by Crippen LogP contribution is 2.53. The summed E-state index contributed by atoms with van der Waals surface area (Å²) >= 11 is 0. The van der Waals surface area contributed by atoms with Crippen LogP contribution in [-0.2, 0) is 5.67 Å². The van der Waals surface area contributed by atoms with E-state index in [0.717, 1.165) is 13.8 Å². The van der Waals surface area contributed by atoms with Gasteiger partial charge >= 0.3 is 18.0 Å². The summed E-state index contributed by atoms with van der Waals surface area (Å²) in [6.45, 7) is 2.29. The molecular formula is C17H14F7N3O. The maximum atomic E-state index is 14.2. The number of aryl methyl sites for hydroxylation is 2. The number of nitrogens with one attached hydrogen (secondary N) is 1. The Balaban J connectivity index is 2.49. The van der Waals surface area contributed by atoms with Crippen molar-refractivity contribution in [3.8, 4) is 0 Å². The first-order valence-corrected chi connectivity index (χ1v) is 7.66. The van der Waals surface area contributed by atoms with Crippen molar-refractivity contribution in [3.63, 3.8) is 0 Å². The third-order valence-electron chi connectivity index (χ3n) is 3.95. The van der Waals surface area contributed by atoms with Gasteiger partial charge in [0.25, 0.3) is 5.91 Å². The molecule has 1 aromatic carbocycles. The largest absolute Gasteiger partial charge is 0.435 e. The Morgan fingerprint density at radius 3 is 1.89 bits per heavy atom. The van der Waals surface area contributed by atoms with Crippen LogP contribution in [0.2, 0.25) is 0 Å². The molecule has 0 saturated carbocycles. The number of benzene rings is 1. The molecule has 0 aliphatic rings. The van der Waals surface area contributed by atoms with E-state index >= 15 is 0 Å². The van der Waals surface area contributed by atoms with Crippen LogP contribution in [0.3, 0.4) is 0 Å². The summed E-state index contributed by atoms with van der Waals surface area (Å²) in [6.07, 6.45) is -12.4. The SMILES string of the molecule is Cc1cc(C(F)(C(F)(F)F)C(F)(F)F)cc(C)c1NC(=O)c1cccc(N)n1. The van der Waals surface area contributed by atoms with Gasteiger partial charge in [-0.3, -0.25) is 4.79 Å². The summed E-state index contributed by atoms with van der Waals surface area (Å²) in [6, 6.07) is 4.96. The number of nitrogen functional groups attached to an aromatic ring is 1. The molecule has 0 atom stereocenters. The van der Waals surface area contributed by atoms with Crippen LogP contribution in [0.1, 0.15) is 27.2 Å². The fraction of sp³-hybridized carbons (Fsp3) is 0.294. The highest BCUT2D eigenvalue weighted by atomic mass is 19.4. The lowest BCUT2D eigenvalue weighted by atomic mass is 9.90. The second-order valence-corrected chi connectivity index (χ2v) is 6.04. The molecule has 2 aromatic rings. The van der Waals surface area contributed by atoms with Crippen LogP contribution < -0.4 is 11.1 Å². The predicted octanol–water partition coefficient (Wildman–Crippen LogP) is 4.82. The van der Waals surface area contributed by atoms with Gasteiger partial charge in [-0.15, -0.1) is 0 Å². The fourth-order valence-corrected chi connectivity index (χ4v) is 2.60. The third-order valence-corrected chi connectivity index (χ3v) is 3.95. The highest BCUT2D eigenvalue weighted by molar-refractivity contribution is 6.03. The molecular weight excluding hydrogens is 395 g/mol. The molecule has 28 heavy (non-hydrogen) atoms. The van der Waals surface area contributed by atoms with Crippen molar-refractivity contribution >= 4 is 17.4 Å². The molecule has 4 nitrogen and oxygen atoms in total. The van der Waals surface area contributed by atoms with Crippen LogP contribution in [0.4, 0.5) is 42.2 Å². The first-order chi connectivity index (χ1) is 12.7. The number of nitrogens with two attached hydrogens (primary N) is 1. The van der Waals surface area contributed by atoms with Crippen LogP contribution >= 0.6 is 0 Å². The van der Waals surface area contributed by atoms with Crippen LogP contribution in [0.15, 0.2) is 30.3 Å². The van der Waals surface area contributed by atoms with Crippen molar-refractivity contribution < 1.29 is 35.5 Å². The van der Waals surface area contributed by atoms with E-state index in [1.807, 2.05) is 0 Å². The molecule has 152 valence electrons. The number of alkyl halides is 7. The summed E-state index contributed by atoms with van der Waals surface area (Å²) in [5, 5.41) is 2.34. The van der Waals surface area contributed by atoms with Crippen molar-refractivity contribution in [3.05, 3.63) is 52.7 Å². The minimum absolute atomic E-state index is 0.0361. The molecule has 1 aromatic heterocycles. The molecule has 0 aliphatic heterocycles. The zero-order valence-electron chi connectivity index (χ0n) is 14.5. The van der Waals surface area contributed by atoms with Crippen LogP contribution in [-0.4, -0.2) is 23.2 Å². The fourth-order valence-electron chi connectivity index (χ4n) is 2.60. The Morgan fingerprint density at radius 1 is 0.964 bits per heavy atom. The van der Waals surface area contributed by atoms with E-state index in [1.165, 1.54) is 18.2 Å². The third kappa shape index (κ3) is 3.73. The maximum Gasteiger partial charge on any atom is 0.435 e. The highest BCUT2D eigenvalue weighted by Gasteiger charge is 2.73.